The second kappa shape index (κ2) is 8.74. The summed E-state index contributed by atoms with van der Waals surface area (Å²) >= 11 is 3.47. The number of benzene rings is 1. The Morgan fingerprint density at radius 1 is 1.19 bits per heavy atom. The lowest BCUT2D eigenvalue weighted by Crippen LogP contribution is -2.28. The van der Waals surface area contributed by atoms with Crippen LogP contribution in [-0.2, 0) is 11.3 Å². The van der Waals surface area contributed by atoms with Crippen molar-refractivity contribution in [1.82, 2.24) is 4.90 Å². The predicted molar refractivity (Wildman–Crippen MR) is 72.0 cm³/mol. The third-order valence-electron chi connectivity index (χ3n) is 2.47. The van der Waals surface area contributed by atoms with E-state index < -0.39 is 0 Å². The zero-order valence-electron chi connectivity index (χ0n) is 9.86. The molecule has 3 heteroatoms. The molecule has 0 radical (unpaired) electrons. The number of hydrogen-bond acceptors (Lipinski definition) is 2. The minimum atomic E-state index is 0.801. The van der Waals surface area contributed by atoms with Gasteiger partial charge in [0.05, 0.1) is 6.61 Å². The highest BCUT2D eigenvalue weighted by atomic mass is 79.9. The summed E-state index contributed by atoms with van der Waals surface area (Å²) in [6, 6.07) is 10.6. The maximum Gasteiger partial charge on any atom is 0.0589 e. The van der Waals surface area contributed by atoms with Gasteiger partial charge in [-0.1, -0.05) is 46.3 Å². The molecule has 2 nitrogen and oxygen atoms in total. The Kier molecular flexibility index (Phi) is 7.47. The van der Waals surface area contributed by atoms with Crippen molar-refractivity contribution in [3.8, 4) is 0 Å². The van der Waals surface area contributed by atoms with Crippen LogP contribution in [0.2, 0.25) is 0 Å². The minimum Gasteiger partial charge on any atom is -0.383 e. The first kappa shape index (κ1) is 13.7. The van der Waals surface area contributed by atoms with Gasteiger partial charge < -0.3 is 4.74 Å². The van der Waals surface area contributed by atoms with Crippen LogP contribution >= 0.6 is 15.9 Å². The van der Waals surface area contributed by atoms with Crippen molar-refractivity contribution in [2.24, 2.45) is 0 Å². The van der Waals surface area contributed by atoms with Gasteiger partial charge in [-0.3, -0.25) is 4.90 Å². The second-order valence-electron chi connectivity index (χ2n) is 3.80. The van der Waals surface area contributed by atoms with Gasteiger partial charge in [-0.05, 0) is 18.5 Å². The summed E-state index contributed by atoms with van der Waals surface area (Å²) in [7, 11) is 1.76. The van der Waals surface area contributed by atoms with Crippen LogP contribution in [0.3, 0.4) is 0 Å². The molecule has 90 valence electrons. The second-order valence-corrected chi connectivity index (χ2v) is 4.59. The van der Waals surface area contributed by atoms with Gasteiger partial charge in [0.25, 0.3) is 0 Å². The lowest BCUT2D eigenvalue weighted by Gasteiger charge is -2.21. The molecule has 0 spiro atoms. The van der Waals surface area contributed by atoms with E-state index >= 15 is 0 Å². The quantitative estimate of drug-likeness (QED) is 0.681. The molecule has 1 rings (SSSR count). The molecule has 0 N–H and O–H groups in total. The van der Waals surface area contributed by atoms with E-state index in [2.05, 4.69) is 51.2 Å². The minimum absolute atomic E-state index is 0.801. The maximum absolute atomic E-state index is 5.14. The van der Waals surface area contributed by atoms with Crippen molar-refractivity contribution < 1.29 is 4.74 Å². The summed E-state index contributed by atoms with van der Waals surface area (Å²) in [5.41, 5.74) is 1.37. The highest BCUT2D eigenvalue weighted by Crippen LogP contribution is 2.05. The Balaban J connectivity index is 2.42. The molecule has 0 aromatic heterocycles. The highest BCUT2D eigenvalue weighted by molar-refractivity contribution is 9.09. The molecule has 1 aromatic carbocycles. The Bertz CT molecular complexity index is 258. The largest absolute Gasteiger partial charge is 0.383 e. The number of rotatable bonds is 8. The predicted octanol–water partition coefficient (Wildman–Crippen LogP) is 2.92. The number of hydrogen-bond donors (Lipinski definition) is 0. The summed E-state index contributed by atoms with van der Waals surface area (Å²) in [6.45, 7) is 3.92. The fourth-order valence-electron chi connectivity index (χ4n) is 1.62. The van der Waals surface area contributed by atoms with E-state index in [-0.39, 0.29) is 0 Å². The van der Waals surface area contributed by atoms with Crippen LogP contribution in [-0.4, -0.2) is 37.0 Å². The Labute approximate surface area is 107 Å². The van der Waals surface area contributed by atoms with Crippen molar-refractivity contribution in [1.29, 1.82) is 0 Å². The molecular weight excluding hydrogens is 266 g/mol. The molecule has 0 bridgehead atoms. The number of methoxy groups -OCH3 is 1. The Morgan fingerprint density at radius 2 is 1.94 bits per heavy atom. The molecule has 0 aliphatic carbocycles. The molecule has 0 aliphatic rings. The number of nitrogens with zero attached hydrogens (tertiary/aromatic N) is 1. The standard InChI is InChI=1S/C13H20BrNO/c1-16-11-10-15(9-5-8-14)12-13-6-3-2-4-7-13/h2-4,6-7H,5,8-12H2,1H3. The zero-order valence-corrected chi connectivity index (χ0v) is 11.4. The topological polar surface area (TPSA) is 12.5 Å². The van der Waals surface area contributed by atoms with E-state index in [4.69, 9.17) is 4.74 Å². The van der Waals surface area contributed by atoms with Gasteiger partial charge in [0.15, 0.2) is 0 Å². The summed E-state index contributed by atoms with van der Waals surface area (Å²) in [4.78, 5) is 2.43. The average Bonchev–Trinajstić information content (AvgIpc) is 2.34. The van der Waals surface area contributed by atoms with Crippen molar-refractivity contribution in [2.45, 2.75) is 13.0 Å². The summed E-state index contributed by atoms with van der Waals surface area (Å²) in [5.74, 6) is 0. The van der Waals surface area contributed by atoms with Crippen LogP contribution in [0.15, 0.2) is 30.3 Å². The van der Waals surface area contributed by atoms with Crippen LogP contribution in [0.25, 0.3) is 0 Å². The molecule has 0 heterocycles. The van der Waals surface area contributed by atoms with Gasteiger partial charge in [0.2, 0.25) is 0 Å². The Hall–Kier alpha value is -0.380. The first-order chi connectivity index (χ1) is 7.86. The van der Waals surface area contributed by atoms with Gasteiger partial charge in [-0.25, -0.2) is 0 Å². The van der Waals surface area contributed by atoms with Crippen molar-refractivity contribution in [3.63, 3.8) is 0 Å². The molecular formula is C13H20BrNO. The van der Waals surface area contributed by atoms with E-state index in [1.807, 2.05) is 0 Å². The average molecular weight is 286 g/mol. The van der Waals surface area contributed by atoms with Gasteiger partial charge in [0.1, 0.15) is 0 Å². The highest BCUT2D eigenvalue weighted by Gasteiger charge is 2.04. The fraction of sp³-hybridized carbons (Fsp3) is 0.538. The first-order valence-electron chi connectivity index (χ1n) is 5.68. The van der Waals surface area contributed by atoms with Crippen LogP contribution in [0.5, 0.6) is 0 Å². The molecule has 0 saturated heterocycles. The maximum atomic E-state index is 5.14. The molecule has 0 unspecified atom stereocenters. The normalized spacial score (nSPS) is 10.9. The molecule has 0 amide bonds. The van der Waals surface area contributed by atoms with Crippen LogP contribution in [0.4, 0.5) is 0 Å². The number of alkyl halides is 1. The van der Waals surface area contributed by atoms with Crippen molar-refractivity contribution in [2.75, 3.05) is 32.1 Å². The molecule has 16 heavy (non-hydrogen) atoms. The number of ether oxygens (including phenoxy) is 1. The molecule has 0 fully saturated rings. The van der Waals surface area contributed by atoms with E-state index in [1.54, 1.807) is 7.11 Å². The van der Waals surface area contributed by atoms with Gasteiger partial charge >= 0.3 is 0 Å². The molecule has 0 aliphatic heterocycles. The smallest absolute Gasteiger partial charge is 0.0589 e. The number of halogens is 1. The summed E-state index contributed by atoms with van der Waals surface area (Å²) < 4.78 is 5.14. The van der Waals surface area contributed by atoms with E-state index in [0.717, 1.165) is 31.6 Å². The third-order valence-corrected chi connectivity index (χ3v) is 3.03. The monoisotopic (exact) mass is 285 g/mol. The lowest BCUT2D eigenvalue weighted by molar-refractivity contribution is 0.144. The third kappa shape index (κ3) is 5.64. The first-order valence-corrected chi connectivity index (χ1v) is 6.80. The molecule has 0 atom stereocenters. The van der Waals surface area contributed by atoms with Crippen LogP contribution in [0.1, 0.15) is 12.0 Å². The summed E-state index contributed by atoms with van der Waals surface area (Å²) in [5, 5.41) is 1.06. The van der Waals surface area contributed by atoms with Gasteiger partial charge in [-0.2, -0.15) is 0 Å². The molecule has 1 aromatic rings. The zero-order chi connectivity index (χ0) is 11.6. The van der Waals surface area contributed by atoms with Gasteiger partial charge in [-0.15, -0.1) is 0 Å². The summed E-state index contributed by atoms with van der Waals surface area (Å²) in [6.07, 6.45) is 1.18. The Morgan fingerprint density at radius 3 is 2.56 bits per heavy atom. The fourth-order valence-corrected chi connectivity index (χ4v) is 1.87. The lowest BCUT2D eigenvalue weighted by atomic mass is 10.2. The van der Waals surface area contributed by atoms with Crippen molar-refractivity contribution in [3.05, 3.63) is 35.9 Å². The van der Waals surface area contributed by atoms with Crippen molar-refractivity contribution >= 4 is 15.9 Å². The SMILES string of the molecule is COCCN(CCCBr)Cc1ccccc1. The van der Waals surface area contributed by atoms with E-state index in [0.29, 0.717) is 0 Å². The van der Waals surface area contributed by atoms with E-state index in [9.17, 15) is 0 Å². The van der Waals surface area contributed by atoms with E-state index in [1.165, 1.54) is 12.0 Å². The van der Waals surface area contributed by atoms with Crippen LogP contribution < -0.4 is 0 Å². The molecule has 0 saturated carbocycles. The van der Waals surface area contributed by atoms with Crippen LogP contribution in [0, 0.1) is 0 Å². The van der Waals surface area contributed by atoms with Gasteiger partial charge in [0, 0.05) is 25.5 Å².